The lowest BCUT2D eigenvalue weighted by atomic mass is 10.3. The zero-order valence-electron chi connectivity index (χ0n) is 8.68. The van der Waals surface area contributed by atoms with Gasteiger partial charge in [0.1, 0.15) is 0 Å². The predicted molar refractivity (Wildman–Crippen MR) is 52.6 cm³/mol. The lowest BCUT2D eigenvalue weighted by Crippen LogP contribution is -2.20. The van der Waals surface area contributed by atoms with Crippen molar-refractivity contribution in [2.24, 2.45) is 7.05 Å². The molecule has 0 fully saturated rings. The second-order valence-electron chi connectivity index (χ2n) is 3.37. The number of H-pyrrole nitrogens is 1. The normalized spacial score (nSPS) is 12.9. The molecular formula is C8H13N7. The molecule has 0 aromatic carbocycles. The number of aromatic amines is 1. The number of imidazole rings is 1. The minimum absolute atomic E-state index is 0.0682. The summed E-state index contributed by atoms with van der Waals surface area (Å²) in [5, 5.41) is 17.0. The first-order chi connectivity index (χ1) is 7.27. The first-order valence-electron chi connectivity index (χ1n) is 4.69. The van der Waals surface area contributed by atoms with E-state index < -0.39 is 0 Å². The van der Waals surface area contributed by atoms with Crippen molar-refractivity contribution < 1.29 is 0 Å². The van der Waals surface area contributed by atoms with Gasteiger partial charge < -0.3 is 9.88 Å². The maximum absolute atomic E-state index is 4.04. The van der Waals surface area contributed by atoms with Crippen molar-refractivity contribution in [2.45, 2.75) is 19.5 Å². The first kappa shape index (κ1) is 9.78. The molecule has 0 aliphatic rings. The van der Waals surface area contributed by atoms with Gasteiger partial charge in [-0.15, -0.1) is 10.2 Å². The van der Waals surface area contributed by atoms with Gasteiger partial charge in [0.15, 0.2) is 5.82 Å². The Hall–Kier alpha value is -1.76. The molecule has 0 bridgehead atoms. The molecule has 7 nitrogen and oxygen atoms in total. The van der Waals surface area contributed by atoms with Crippen LogP contribution in [0.5, 0.6) is 0 Å². The predicted octanol–water partition coefficient (Wildman–Crippen LogP) is -0.216. The Kier molecular flexibility index (Phi) is 2.72. The fourth-order valence-corrected chi connectivity index (χ4v) is 1.26. The Morgan fingerprint density at radius 3 is 3.07 bits per heavy atom. The third-order valence-corrected chi connectivity index (χ3v) is 2.25. The van der Waals surface area contributed by atoms with Crippen molar-refractivity contribution in [3.05, 3.63) is 24.0 Å². The summed E-state index contributed by atoms with van der Waals surface area (Å²) < 4.78 is 1.97. The lowest BCUT2D eigenvalue weighted by molar-refractivity contribution is 0.533. The Bertz CT molecular complexity index is 404. The monoisotopic (exact) mass is 207 g/mol. The van der Waals surface area contributed by atoms with E-state index in [2.05, 4.69) is 30.9 Å². The van der Waals surface area contributed by atoms with Gasteiger partial charge in [-0.25, -0.2) is 4.98 Å². The summed E-state index contributed by atoms with van der Waals surface area (Å²) in [5.41, 5.74) is 1.12. The number of nitrogens with zero attached hydrogens (tertiary/aromatic N) is 5. The van der Waals surface area contributed by atoms with Crippen LogP contribution in [0.4, 0.5) is 0 Å². The Balaban J connectivity index is 1.91. The Labute approximate surface area is 86.9 Å². The molecule has 0 aliphatic carbocycles. The van der Waals surface area contributed by atoms with Gasteiger partial charge in [-0.05, 0) is 6.92 Å². The van der Waals surface area contributed by atoms with E-state index in [4.69, 9.17) is 0 Å². The molecule has 0 aliphatic heterocycles. The summed E-state index contributed by atoms with van der Waals surface area (Å²) in [5.74, 6) is 0.664. The minimum atomic E-state index is 0.0682. The molecule has 0 amide bonds. The van der Waals surface area contributed by atoms with Crippen LogP contribution >= 0.6 is 0 Å². The number of tetrazole rings is 1. The smallest absolute Gasteiger partial charge is 0.191 e. The van der Waals surface area contributed by atoms with E-state index in [-0.39, 0.29) is 6.04 Å². The summed E-state index contributed by atoms with van der Waals surface area (Å²) in [7, 11) is 1.96. The zero-order chi connectivity index (χ0) is 10.7. The maximum Gasteiger partial charge on any atom is 0.191 e. The van der Waals surface area contributed by atoms with E-state index in [0.717, 1.165) is 12.2 Å². The molecular weight excluding hydrogens is 194 g/mol. The van der Waals surface area contributed by atoms with Gasteiger partial charge >= 0.3 is 0 Å². The van der Waals surface area contributed by atoms with Gasteiger partial charge in [-0.3, -0.25) is 0 Å². The SMILES string of the molecule is CC(NCc1cncn1C)c1nn[nH]n1. The van der Waals surface area contributed by atoms with Crippen molar-refractivity contribution in [3.63, 3.8) is 0 Å². The molecule has 2 rings (SSSR count). The number of nitrogens with one attached hydrogen (secondary N) is 2. The highest BCUT2D eigenvalue weighted by molar-refractivity contribution is 4.98. The number of hydrogen-bond donors (Lipinski definition) is 2. The van der Waals surface area contributed by atoms with Crippen LogP contribution in [0.1, 0.15) is 24.5 Å². The van der Waals surface area contributed by atoms with Crippen LogP contribution in [0.3, 0.4) is 0 Å². The molecule has 15 heavy (non-hydrogen) atoms. The van der Waals surface area contributed by atoms with E-state index in [1.165, 1.54) is 0 Å². The third-order valence-electron chi connectivity index (χ3n) is 2.25. The van der Waals surface area contributed by atoms with Gasteiger partial charge in [0, 0.05) is 19.8 Å². The van der Waals surface area contributed by atoms with Gasteiger partial charge in [-0.1, -0.05) is 5.21 Å². The Morgan fingerprint density at radius 1 is 1.60 bits per heavy atom. The van der Waals surface area contributed by atoms with E-state index in [1.807, 2.05) is 24.7 Å². The third kappa shape index (κ3) is 2.18. The molecule has 0 radical (unpaired) electrons. The van der Waals surface area contributed by atoms with E-state index in [9.17, 15) is 0 Å². The summed E-state index contributed by atoms with van der Waals surface area (Å²) >= 11 is 0. The van der Waals surface area contributed by atoms with E-state index >= 15 is 0 Å². The van der Waals surface area contributed by atoms with Crippen LogP contribution in [-0.2, 0) is 13.6 Å². The number of aromatic nitrogens is 6. The summed E-state index contributed by atoms with van der Waals surface area (Å²) in [6, 6.07) is 0.0682. The maximum atomic E-state index is 4.04. The number of rotatable bonds is 4. The number of hydrogen-bond acceptors (Lipinski definition) is 5. The van der Waals surface area contributed by atoms with E-state index in [1.54, 1.807) is 6.33 Å². The van der Waals surface area contributed by atoms with Crippen molar-refractivity contribution >= 4 is 0 Å². The second kappa shape index (κ2) is 4.18. The van der Waals surface area contributed by atoms with Crippen LogP contribution in [0.15, 0.2) is 12.5 Å². The standard InChI is InChI=1S/C8H13N7/c1-6(8-11-13-14-12-8)10-4-7-3-9-5-15(7)2/h3,5-6,10H,4H2,1-2H3,(H,11,12,13,14). The number of aryl methyl sites for hydroxylation is 1. The van der Waals surface area contributed by atoms with Gasteiger partial charge in [0.25, 0.3) is 0 Å². The highest BCUT2D eigenvalue weighted by Crippen LogP contribution is 2.05. The average molecular weight is 207 g/mol. The summed E-state index contributed by atoms with van der Waals surface area (Å²) in [4.78, 5) is 4.04. The van der Waals surface area contributed by atoms with Crippen molar-refractivity contribution in [1.29, 1.82) is 0 Å². The lowest BCUT2D eigenvalue weighted by Gasteiger charge is -2.09. The topological polar surface area (TPSA) is 84.3 Å². The highest BCUT2D eigenvalue weighted by Gasteiger charge is 2.09. The van der Waals surface area contributed by atoms with Crippen molar-refractivity contribution in [3.8, 4) is 0 Å². The van der Waals surface area contributed by atoms with Crippen molar-refractivity contribution in [1.82, 2.24) is 35.5 Å². The van der Waals surface area contributed by atoms with Gasteiger partial charge in [0.2, 0.25) is 0 Å². The minimum Gasteiger partial charge on any atom is -0.337 e. The fourth-order valence-electron chi connectivity index (χ4n) is 1.26. The quantitative estimate of drug-likeness (QED) is 0.724. The van der Waals surface area contributed by atoms with Crippen LogP contribution in [0.25, 0.3) is 0 Å². The highest BCUT2D eigenvalue weighted by atomic mass is 15.5. The molecule has 0 spiro atoms. The molecule has 1 unspecified atom stereocenters. The second-order valence-corrected chi connectivity index (χ2v) is 3.37. The van der Waals surface area contributed by atoms with Gasteiger partial charge in [0.05, 0.1) is 18.1 Å². The fraction of sp³-hybridized carbons (Fsp3) is 0.500. The van der Waals surface area contributed by atoms with Crippen molar-refractivity contribution in [2.75, 3.05) is 0 Å². The molecule has 2 N–H and O–H groups in total. The zero-order valence-corrected chi connectivity index (χ0v) is 8.68. The Morgan fingerprint density at radius 2 is 2.47 bits per heavy atom. The van der Waals surface area contributed by atoms with E-state index in [0.29, 0.717) is 5.82 Å². The molecule has 80 valence electrons. The molecule has 1 atom stereocenters. The van der Waals surface area contributed by atoms with Crippen LogP contribution in [0, 0.1) is 0 Å². The van der Waals surface area contributed by atoms with Crippen LogP contribution in [0.2, 0.25) is 0 Å². The van der Waals surface area contributed by atoms with Gasteiger partial charge in [-0.2, -0.15) is 5.21 Å². The molecule has 2 heterocycles. The molecule has 0 saturated heterocycles. The molecule has 7 heteroatoms. The van der Waals surface area contributed by atoms with Crippen LogP contribution < -0.4 is 5.32 Å². The van der Waals surface area contributed by atoms with Crippen LogP contribution in [-0.4, -0.2) is 30.2 Å². The molecule has 2 aromatic rings. The summed E-state index contributed by atoms with van der Waals surface area (Å²) in [6.07, 6.45) is 3.60. The summed E-state index contributed by atoms with van der Waals surface area (Å²) in [6.45, 7) is 2.72. The first-order valence-corrected chi connectivity index (χ1v) is 4.69. The molecule has 2 aromatic heterocycles. The largest absolute Gasteiger partial charge is 0.337 e. The average Bonchev–Trinajstić information content (AvgIpc) is 2.85. The molecule has 0 saturated carbocycles.